The first kappa shape index (κ1) is 19.7. The van der Waals surface area contributed by atoms with E-state index in [2.05, 4.69) is 30.4 Å². The number of fused-ring (bicyclic) bond motifs is 1. The van der Waals surface area contributed by atoms with E-state index in [1.54, 1.807) is 6.07 Å². The van der Waals surface area contributed by atoms with Crippen LogP contribution in [0.4, 0.5) is 4.39 Å². The van der Waals surface area contributed by atoms with E-state index in [9.17, 15) is 4.39 Å². The van der Waals surface area contributed by atoms with Crippen molar-refractivity contribution in [3.05, 3.63) is 76.6 Å². The number of halogens is 2. The monoisotopic (exact) mass is 385 g/mol. The Hall–Kier alpha value is -2.10. The minimum absolute atomic E-state index is 0.306. The van der Waals surface area contributed by atoms with Crippen LogP contribution in [0.5, 0.6) is 5.75 Å². The molecule has 0 atom stereocenters. The smallest absolute Gasteiger partial charge is 0.124 e. The molecule has 0 radical (unpaired) electrons. The first-order valence-corrected chi connectivity index (χ1v) is 9.85. The number of ether oxygens (including phenoxy) is 1. The molecule has 0 bridgehead atoms. The number of hydrogen-bond acceptors (Lipinski definition) is 2. The van der Waals surface area contributed by atoms with E-state index in [1.807, 2.05) is 18.2 Å². The van der Waals surface area contributed by atoms with Gasteiger partial charge in [-0.15, -0.1) is 0 Å². The quantitative estimate of drug-likeness (QED) is 0.425. The van der Waals surface area contributed by atoms with Gasteiger partial charge in [-0.3, -0.25) is 0 Å². The van der Waals surface area contributed by atoms with Gasteiger partial charge in [0.05, 0.1) is 5.02 Å². The maximum Gasteiger partial charge on any atom is 0.124 e. The van der Waals surface area contributed by atoms with E-state index in [1.165, 1.54) is 42.2 Å². The van der Waals surface area contributed by atoms with Gasteiger partial charge in [-0.2, -0.15) is 0 Å². The summed E-state index contributed by atoms with van der Waals surface area (Å²) < 4.78 is 19.3. The summed E-state index contributed by atoms with van der Waals surface area (Å²) in [5, 5.41) is 6.29. The lowest BCUT2D eigenvalue weighted by Gasteiger charge is -2.16. The number of rotatable bonds is 9. The van der Waals surface area contributed by atoms with Crippen molar-refractivity contribution in [1.29, 1.82) is 0 Å². The molecule has 0 aromatic heterocycles. The number of nitrogens with one attached hydrogen (secondary N) is 1. The molecule has 0 aliphatic heterocycles. The molecule has 0 aliphatic rings. The van der Waals surface area contributed by atoms with Gasteiger partial charge in [0.15, 0.2) is 0 Å². The summed E-state index contributed by atoms with van der Waals surface area (Å²) in [6.07, 6.45) is 3.61. The van der Waals surface area contributed by atoms with Crippen LogP contribution in [0, 0.1) is 5.82 Å². The Labute approximate surface area is 165 Å². The van der Waals surface area contributed by atoms with Gasteiger partial charge in [0.25, 0.3) is 0 Å². The van der Waals surface area contributed by atoms with Crippen molar-refractivity contribution in [2.45, 2.75) is 39.3 Å². The molecule has 1 N–H and O–H groups in total. The topological polar surface area (TPSA) is 21.3 Å². The fourth-order valence-corrected chi connectivity index (χ4v) is 3.36. The van der Waals surface area contributed by atoms with Crippen LogP contribution in [0.15, 0.2) is 54.6 Å². The molecule has 4 heteroatoms. The standard InChI is InChI=1S/C23H25ClFNO/c1-2-3-6-13-26-15-21-20-8-5-4-7-17(20)10-12-23(21)27-16-18-9-11-19(25)14-22(18)24/h4-5,7-12,14,26H,2-3,6,13,15-16H2,1H3. The lowest BCUT2D eigenvalue weighted by atomic mass is 10.0. The second-order valence-corrected chi connectivity index (χ2v) is 7.08. The van der Waals surface area contributed by atoms with Gasteiger partial charge in [-0.25, -0.2) is 4.39 Å². The van der Waals surface area contributed by atoms with Crippen LogP contribution in [0.3, 0.4) is 0 Å². The van der Waals surface area contributed by atoms with Gasteiger partial charge in [0.2, 0.25) is 0 Å². The van der Waals surface area contributed by atoms with Gasteiger partial charge in [-0.1, -0.05) is 67.8 Å². The van der Waals surface area contributed by atoms with Crippen molar-refractivity contribution < 1.29 is 9.13 Å². The Morgan fingerprint density at radius 2 is 1.89 bits per heavy atom. The molecule has 3 aromatic rings. The van der Waals surface area contributed by atoms with Crippen molar-refractivity contribution in [2.75, 3.05) is 6.54 Å². The van der Waals surface area contributed by atoms with Crippen LogP contribution >= 0.6 is 11.6 Å². The molecule has 0 saturated carbocycles. The maximum atomic E-state index is 13.2. The molecule has 0 spiro atoms. The zero-order chi connectivity index (χ0) is 19.1. The zero-order valence-electron chi connectivity index (χ0n) is 15.6. The fourth-order valence-electron chi connectivity index (χ4n) is 3.14. The highest BCUT2D eigenvalue weighted by Gasteiger charge is 2.10. The zero-order valence-corrected chi connectivity index (χ0v) is 16.4. The molecule has 27 heavy (non-hydrogen) atoms. The van der Waals surface area contributed by atoms with Gasteiger partial charge >= 0.3 is 0 Å². The second kappa shape index (κ2) is 9.72. The summed E-state index contributed by atoms with van der Waals surface area (Å²) >= 11 is 6.13. The van der Waals surface area contributed by atoms with Crippen LogP contribution in [0.25, 0.3) is 10.8 Å². The Balaban J connectivity index is 1.79. The fraction of sp³-hybridized carbons (Fsp3) is 0.304. The van der Waals surface area contributed by atoms with E-state index in [0.29, 0.717) is 11.6 Å². The molecule has 3 rings (SSSR count). The van der Waals surface area contributed by atoms with Crippen molar-refractivity contribution in [3.63, 3.8) is 0 Å². The average molecular weight is 386 g/mol. The minimum Gasteiger partial charge on any atom is -0.488 e. The van der Waals surface area contributed by atoms with Crippen LogP contribution in [-0.2, 0) is 13.2 Å². The molecule has 2 nitrogen and oxygen atoms in total. The summed E-state index contributed by atoms with van der Waals surface area (Å²) in [6.45, 7) is 4.25. The molecular formula is C23H25ClFNO. The Morgan fingerprint density at radius 1 is 1.04 bits per heavy atom. The molecule has 0 fully saturated rings. The Kier molecular flexibility index (Phi) is 7.08. The predicted molar refractivity (Wildman–Crippen MR) is 111 cm³/mol. The molecular weight excluding hydrogens is 361 g/mol. The van der Waals surface area contributed by atoms with Crippen molar-refractivity contribution in [2.24, 2.45) is 0 Å². The summed E-state index contributed by atoms with van der Waals surface area (Å²) in [6, 6.07) is 16.8. The lowest BCUT2D eigenvalue weighted by Crippen LogP contribution is -2.15. The van der Waals surface area contributed by atoms with Gasteiger partial charge in [-0.05, 0) is 41.9 Å². The Bertz CT molecular complexity index is 897. The number of unbranched alkanes of at least 4 members (excludes halogenated alkanes) is 2. The maximum absolute atomic E-state index is 13.2. The van der Waals surface area contributed by atoms with E-state index in [0.717, 1.165) is 30.0 Å². The molecule has 0 amide bonds. The van der Waals surface area contributed by atoms with Crippen LogP contribution in [-0.4, -0.2) is 6.54 Å². The number of hydrogen-bond donors (Lipinski definition) is 1. The van der Waals surface area contributed by atoms with Crippen LogP contribution in [0.2, 0.25) is 5.02 Å². The summed E-state index contributed by atoms with van der Waals surface area (Å²) in [4.78, 5) is 0. The SMILES string of the molecule is CCCCCNCc1c(OCc2ccc(F)cc2Cl)ccc2ccccc12. The minimum atomic E-state index is -0.341. The van der Waals surface area contributed by atoms with E-state index in [4.69, 9.17) is 16.3 Å². The van der Waals surface area contributed by atoms with Crippen molar-refractivity contribution in [1.82, 2.24) is 5.32 Å². The summed E-state index contributed by atoms with van der Waals surface area (Å²) in [5.41, 5.74) is 1.91. The van der Waals surface area contributed by atoms with Crippen LogP contribution < -0.4 is 10.1 Å². The molecule has 0 saturated heterocycles. The van der Waals surface area contributed by atoms with Crippen LogP contribution in [0.1, 0.15) is 37.3 Å². The predicted octanol–water partition coefficient (Wildman–Crippen LogP) is 6.49. The van der Waals surface area contributed by atoms with Crippen molar-refractivity contribution in [3.8, 4) is 5.75 Å². The summed E-state index contributed by atoms with van der Waals surface area (Å²) in [5.74, 6) is 0.489. The first-order valence-electron chi connectivity index (χ1n) is 9.47. The molecule has 142 valence electrons. The van der Waals surface area contributed by atoms with Gasteiger partial charge in [0, 0.05) is 17.7 Å². The third-order valence-corrected chi connectivity index (χ3v) is 5.01. The van der Waals surface area contributed by atoms with E-state index >= 15 is 0 Å². The van der Waals surface area contributed by atoms with Gasteiger partial charge < -0.3 is 10.1 Å². The second-order valence-electron chi connectivity index (χ2n) is 6.67. The van der Waals surface area contributed by atoms with E-state index in [-0.39, 0.29) is 5.82 Å². The molecule has 0 heterocycles. The van der Waals surface area contributed by atoms with Crippen molar-refractivity contribution >= 4 is 22.4 Å². The molecule has 3 aromatic carbocycles. The largest absolute Gasteiger partial charge is 0.488 e. The average Bonchev–Trinajstić information content (AvgIpc) is 2.68. The molecule has 0 aliphatic carbocycles. The third kappa shape index (κ3) is 5.21. The highest BCUT2D eigenvalue weighted by atomic mass is 35.5. The highest BCUT2D eigenvalue weighted by Crippen LogP contribution is 2.29. The first-order chi connectivity index (χ1) is 13.2. The normalized spacial score (nSPS) is 11.1. The molecule has 0 unspecified atom stereocenters. The summed E-state index contributed by atoms with van der Waals surface area (Å²) in [7, 11) is 0. The van der Waals surface area contributed by atoms with Gasteiger partial charge in [0.1, 0.15) is 18.2 Å². The number of benzene rings is 3. The lowest BCUT2D eigenvalue weighted by molar-refractivity contribution is 0.302. The Morgan fingerprint density at radius 3 is 2.70 bits per heavy atom. The highest BCUT2D eigenvalue weighted by molar-refractivity contribution is 6.31. The third-order valence-electron chi connectivity index (χ3n) is 4.65. The van der Waals surface area contributed by atoms with E-state index < -0.39 is 0 Å².